The minimum absolute atomic E-state index is 0.0821. The van der Waals surface area contributed by atoms with E-state index in [0.717, 1.165) is 5.56 Å². The zero-order valence-electron chi connectivity index (χ0n) is 17.5. The van der Waals surface area contributed by atoms with Gasteiger partial charge in [-0.25, -0.2) is 0 Å². The Morgan fingerprint density at radius 1 is 0.656 bits per heavy atom. The summed E-state index contributed by atoms with van der Waals surface area (Å²) in [5.41, 5.74) is 1.57. The van der Waals surface area contributed by atoms with Gasteiger partial charge in [0.1, 0.15) is 23.9 Å². The van der Waals surface area contributed by atoms with Gasteiger partial charge in [0.15, 0.2) is 0 Å². The van der Waals surface area contributed by atoms with Crippen LogP contribution in [0.15, 0.2) is 78.9 Å². The highest BCUT2D eigenvalue weighted by atomic mass is 16.5. The van der Waals surface area contributed by atoms with E-state index in [4.69, 9.17) is 14.6 Å². The van der Waals surface area contributed by atoms with Crippen molar-refractivity contribution in [2.24, 2.45) is 0 Å². The van der Waals surface area contributed by atoms with Crippen molar-refractivity contribution in [2.75, 3.05) is 13.2 Å². The first-order chi connectivity index (χ1) is 15.6. The predicted octanol–water partition coefficient (Wildman–Crippen LogP) is 4.05. The monoisotopic (exact) mass is 432 g/mol. The number of benzene rings is 3. The molecule has 0 aliphatic rings. The molecule has 0 radical (unpaired) electrons. The smallest absolute Gasteiger partial charge is 0.233 e. The maximum absolute atomic E-state index is 12.5. The molecular formula is C26H24O6. The molecule has 0 saturated carbocycles. The lowest BCUT2D eigenvalue weighted by molar-refractivity contribution is -0.120. The van der Waals surface area contributed by atoms with Gasteiger partial charge in [-0.15, -0.1) is 0 Å². The summed E-state index contributed by atoms with van der Waals surface area (Å²) in [7, 11) is 0. The lowest BCUT2D eigenvalue weighted by Gasteiger charge is -2.08. The van der Waals surface area contributed by atoms with Crippen molar-refractivity contribution in [3.8, 4) is 11.5 Å². The van der Waals surface area contributed by atoms with Crippen molar-refractivity contribution in [2.45, 2.75) is 19.4 Å². The van der Waals surface area contributed by atoms with E-state index >= 15 is 0 Å². The van der Waals surface area contributed by atoms with Crippen molar-refractivity contribution in [3.63, 3.8) is 0 Å². The van der Waals surface area contributed by atoms with Gasteiger partial charge in [-0.2, -0.15) is 0 Å². The minimum atomic E-state index is -0.618. The van der Waals surface area contributed by atoms with E-state index in [1.807, 2.05) is 30.3 Å². The van der Waals surface area contributed by atoms with Crippen molar-refractivity contribution in [1.29, 1.82) is 0 Å². The fourth-order valence-electron chi connectivity index (χ4n) is 2.94. The van der Waals surface area contributed by atoms with Crippen LogP contribution in [0, 0.1) is 0 Å². The van der Waals surface area contributed by atoms with Gasteiger partial charge >= 0.3 is 0 Å². The number of carbonyl (C=O) groups is 3. The molecule has 0 atom stereocenters. The Labute approximate surface area is 186 Å². The molecule has 32 heavy (non-hydrogen) atoms. The number of carbonyl (C=O) groups excluding carboxylic acids is 3. The Balaban J connectivity index is 1.53. The molecule has 3 rings (SSSR count). The zero-order valence-corrected chi connectivity index (χ0v) is 17.5. The van der Waals surface area contributed by atoms with Crippen molar-refractivity contribution in [1.82, 2.24) is 0 Å². The average Bonchev–Trinajstić information content (AvgIpc) is 2.83. The van der Waals surface area contributed by atoms with Crippen molar-refractivity contribution < 1.29 is 29.0 Å². The molecule has 6 heteroatoms. The van der Waals surface area contributed by atoms with Gasteiger partial charge in [0, 0.05) is 30.6 Å². The average molecular weight is 432 g/mol. The summed E-state index contributed by atoms with van der Waals surface area (Å²) in [6.07, 6.45) is 0.309. The van der Waals surface area contributed by atoms with Crippen LogP contribution in [0.5, 0.6) is 11.5 Å². The Morgan fingerprint density at radius 3 is 1.72 bits per heavy atom. The molecule has 0 heterocycles. The number of hydrogen-bond acceptors (Lipinski definition) is 6. The predicted molar refractivity (Wildman–Crippen MR) is 119 cm³/mol. The second kappa shape index (κ2) is 11.6. The molecule has 0 aliphatic heterocycles. The van der Waals surface area contributed by atoms with E-state index in [1.165, 1.54) is 12.1 Å². The topological polar surface area (TPSA) is 89.9 Å². The third-order valence-corrected chi connectivity index (χ3v) is 4.73. The summed E-state index contributed by atoms with van der Waals surface area (Å²) in [6, 6.07) is 22.4. The SMILES string of the molecule is O=C(CCO)CCOc1ccc(C(=O)C(=O)c2ccc(OCc3ccccc3)cc2)cc1. The highest BCUT2D eigenvalue weighted by Gasteiger charge is 2.18. The third-order valence-electron chi connectivity index (χ3n) is 4.73. The molecule has 0 bridgehead atoms. The van der Waals surface area contributed by atoms with Gasteiger partial charge in [-0.05, 0) is 54.1 Å². The fraction of sp³-hybridized carbons (Fsp3) is 0.192. The van der Waals surface area contributed by atoms with Crippen LogP contribution in [0.2, 0.25) is 0 Å². The Bertz CT molecular complexity index is 1040. The van der Waals surface area contributed by atoms with E-state index in [0.29, 0.717) is 18.1 Å². The quantitative estimate of drug-likeness (QED) is 0.343. The lowest BCUT2D eigenvalue weighted by Crippen LogP contribution is -2.14. The molecule has 1 N–H and O–H groups in total. The first kappa shape index (κ1) is 22.9. The molecular weight excluding hydrogens is 408 g/mol. The van der Waals surface area contributed by atoms with E-state index in [9.17, 15) is 14.4 Å². The van der Waals surface area contributed by atoms with Gasteiger partial charge < -0.3 is 14.6 Å². The second-order valence-corrected chi connectivity index (χ2v) is 7.09. The fourth-order valence-corrected chi connectivity index (χ4v) is 2.94. The summed E-state index contributed by atoms with van der Waals surface area (Å²) < 4.78 is 11.2. The lowest BCUT2D eigenvalue weighted by atomic mass is 10.0. The van der Waals surface area contributed by atoms with E-state index < -0.39 is 11.6 Å². The maximum Gasteiger partial charge on any atom is 0.233 e. The molecule has 164 valence electrons. The van der Waals surface area contributed by atoms with Gasteiger partial charge in [-0.3, -0.25) is 14.4 Å². The summed E-state index contributed by atoms with van der Waals surface area (Å²) >= 11 is 0. The standard InChI is InChI=1S/C26H24O6/c27-16-14-22(28)15-17-31-23-10-6-20(7-11-23)25(29)26(30)21-8-12-24(13-9-21)32-18-19-4-2-1-3-5-19/h1-13,27H,14-18H2. The number of rotatable bonds is 12. The zero-order chi connectivity index (χ0) is 22.8. The molecule has 6 nitrogen and oxygen atoms in total. The molecule has 0 amide bonds. The van der Waals surface area contributed by atoms with Gasteiger partial charge in [0.05, 0.1) is 6.61 Å². The van der Waals surface area contributed by atoms with Crippen LogP contribution < -0.4 is 9.47 Å². The highest BCUT2D eigenvalue weighted by Crippen LogP contribution is 2.18. The first-order valence-electron chi connectivity index (χ1n) is 10.3. The van der Waals surface area contributed by atoms with Crippen molar-refractivity contribution in [3.05, 3.63) is 95.6 Å². The molecule has 0 fully saturated rings. The Hall–Kier alpha value is -3.77. The van der Waals surface area contributed by atoms with Gasteiger partial charge in [-0.1, -0.05) is 30.3 Å². The second-order valence-electron chi connectivity index (χ2n) is 7.09. The molecule has 0 aromatic heterocycles. The van der Waals surface area contributed by atoms with Gasteiger partial charge in [0.2, 0.25) is 11.6 Å². The Kier molecular flexibility index (Phi) is 8.29. The van der Waals surface area contributed by atoms with Crippen molar-refractivity contribution >= 4 is 17.3 Å². The molecule has 0 spiro atoms. The summed E-state index contributed by atoms with van der Waals surface area (Å²) in [4.78, 5) is 36.5. The van der Waals surface area contributed by atoms with E-state index in [1.54, 1.807) is 36.4 Å². The normalized spacial score (nSPS) is 10.4. The van der Waals surface area contributed by atoms with E-state index in [-0.39, 0.29) is 43.0 Å². The van der Waals surface area contributed by atoms with Crippen LogP contribution in [-0.4, -0.2) is 35.7 Å². The summed E-state index contributed by atoms with van der Waals surface area (Å²) in [5.74, 6) is -0.209. The van der Waals surface area contributed by atoms with Crippen LogP contribution in [0.1, 0.15) is 39.1 Å². The first-order valence-corrected chi connectivity index (χ1v) is 10.3. The number of hydrogen-bond donors (Lipinski definition) is 1. The maximum atomic E-state index is 12.5. The summed E-state index contributed by atoms with van der Waals surface area (Å²) in [6.45, 7) is 0.425. The summed E-state index contributed by atoms with van der Waals surface area (Å²) in [5, 5.41) is 8.72. The number of Topliss-reactive ketones (excluding diaryl/α,β-unsaturated/α-hetero) is 3. The largest absolute Gasteiger partial charge is 0.493 e. The molecule has 3 aromatic carbocycles. The minimum Gasteiger partial charge on any atom is -0.493 e. The van der Waals surface area contributed by atoms with Crippen LogP contribution in [-0.2, 0) is 11.4 Å². The highest BCUT2D eigenvalue weighted by molar-refractivity contribution is 6.49. The molecule has 0 saturated heterocycles. The molecule has 0 aliphatic carbocycles. The number of aliphatic hydroxyl groups excluding tert-OH is 1. The number of ether oxygens (including phenoxy) is 2. The van der Waals surface area contributed by atoms with Crippen LogP contribution in [0.25, 0.3) is 0 Å². The van der Waals surface area contributed by atoms with Crippen LogP contribution >= 0.6 is 0 Å². The number of aliphatic hydroxyl groups is 1. The third kappa shape index (κ3) is 6.62. The Morgan fingerprint density at radius 2 is 1.19 bits per heavy atom. The van der Waals surface area contributed by atoms with Crippen LogP contribution in [0.3, 0.4) is 0 Å². The van der Waals surface area contributed by atoms with Gasteiger partial charge in [0.25, 0.3) is 0 Å². The number of ketones is 3. The molecule has 0 unspecified atom stereocenters. The van der Waals surface area contributed by atoms with Crippen LogP contribution in [0.4, 0.5) is 0 Å². The van der Waals surface area contributed by atoms with E-state index in [2.05, 4.69) is 0 Å². The molecule has 3 aromatic rings.